The number of ether oxygens (including phenoxy) is 1. The summed E-state index contributed by atoms with van der Waals surface area (Å²) in [6.45, 7) is 5.01. The third kappa shape index (κ3) is 5.21. The van der Waals surface area contributed by atoms with Gasteiger partial charge in [-0.25, -0.2) is 0 Å². The minimum absolute atomic E-state index is 0.180. The van der Waals surface area contributed by atoms with Crippen LogP contribution in [0.25, 0.3) is 0 Å². The summed E-state index contributed by atoms with van der Waals surface area (Å²) >= 11 is 0. The summed E-state index contributed by atoms with van der Waals surface area (Å²) in [5, 5.41) is 12.6. The van der Waals surface area contributed by atoms with Gasteiger partial charge in [-0.2, -0.15) is 0 Å². The molecule has 2 aromatic rings. The molecule has 2 unspecified atom stereocenters. The van der Waals surface area contributed by atoms with Crippen LogP contribution in [0.5, 0.6) is 5.75 Å². The Morgan fingerprint density at radius 1 is 1.05 bits per heavy atom. The van der Waals surface area contributed by atoms with E-state index < -0.39 is 0 Å². The van der Waals surface area contributed by atoms with E-state index in [0.717, 1.165) is 16.9 Å². The third-order valence-corrected chi connectivity index (χ3v) is 3.33. The highest BCUT2D eigenvalue weighted by atomic mass is 16.5. The fraction of sp³-hybridized carbons (Fsp3) is 0.333. The molecule has 0 saturated carbocycles. The molecule has 3 nitrogen and oxygen atoms in total. The van der Waals surface area contributed by atoms with E-state index in [9.17, 15) is 5.11 Å². The zero-order valence-electron chi connectivity index (χ0n) is 12.6. The number of aliphatic hydroxyl groups is 1. The van der Waals surface area contributed by atoms with E-state index in [1.165, 1.54) is 0 Å². The maximum atomic E-state index is 9.33. The van der Waals surface area contributed by atoms with E-state index in [2.05, 4.69) is 30.4 Å². The number of rotatable bonds is 7. The van der Waals surface area contributed by atoms with E-state index in [1.807, 2.05) is 36.4 Å². The second-order valence-corrected chi connectivity index (χ2v) is 5.33. The molecule has 0 aliphatic carbocycles. The zero-order chi connectivity index (χ0) is 15.1. The number of benzene rings is 2. The summed E-state index contributed by atoms with van der Waals surface area (Å²) in [5.74, 6) is 0.863. The topological polar surface area (TPSA) is 41.5 Å². The van der Waals surface area contributed by atoms with Crippen molar-refractivity contribution in [2.45, 2.75) is 32.6 Å². The number of hydrogen-bond donors (Lipinski definition) is 2. The molecule has 3 heteroatoms. The van der Waals surface area contributed by atoms with Gasteiger partial charge in [0.05, 0.1) is 6.10 Å². The highest BCUT2D eigenvalue weighted by molar-refractivity contribution is 5.30. The molecule has 0 spiro atoms. The third-order valence-electron chi connectivity index (χ3n) is 3.33. The van der Waals surface area contributed by atoms with Crippen molar-refractivity contribution in [2.75, 3.05) is 6.54 Å². The molecule has 2 aromatic carbocycles. The van der Waals surface area contributed by atoms with Crippen LogP contribution in [0.2, 0.25) is 0 Å². The number of aliphatic hydroxyl groups excluding tert-OH is 1. The van der Waals surface area contributed by atoms with Crippen molar-refractivity contribution in [3.05, 3.63) is 65.7 Å². The van der Waals surface area contributed by atoms with Crippen molar-refractivity contribution in [3.8, 4) is 5.75 Å². The van der Waals surface area contributed by atoms with E-state index in [0.29, 0.717) is 13.2 Å². The molecule has 0 amide bonds. The van der Waals surface area contributed by atoms with Crippen LogP contribution >= 0.6 is 0 Å². The smallest absolute Gasteiger partial charge is 0.120 e. The molecule has 0 bridgehead atoms. The Balaban J connectivity index is 1.94. The first-order valence-electron chi connectivity index (χ1n) is 7.33. The van der Waals surface area contributed by atoms with Gasteiger partial charge in [0.15, 0.2) is 0 Å². The van der Waals surface area contributed by atoms with Crippen molar-refractivity contribution in [3.63, 3.8) is 0 Å². The predicted octanol–water partition coefficient (Wildman–Crippen LogP) is 3.30. The summed E-state index contributed by atoms with van der Waals surface area (Å²) in [5.41, 5.74) is 2.31. The summed E-state index contributed by atoms with van der Waals surface area (Å²) in [6, 6.07) is 18.4. The molecule has 0 fully saturated rings. The van der Waals surface area contributed by atoms with Crippen LogP contribution in [-0.4, -0.2) is 17.8 Å². The maximum Gasteiger partial charge on any atom is 0.120 e. The first-order chi connectivity index (χ1) is 10.1. The standard InChI is InChI=1S/C18H23NO2/c1-14(20)12-19-15(2)17-9-6-10-18(11-17)21-13-16-7-4-3-5-8-16/h3-11,14-15,19-20H,12-13H2,1-2H3. The van der Waals surface area contributed by atoms with Crippen LogP contribution in [0.3, 0.4) is 0 Å². The van der Waals surface area contributed by atoms with Gasteiger partial charge >= 0.3 is 0 Å². The van der Waals surface area contributed by atoms with Crippen molar-refractivity contribution >= 4 is 0 Å². The highest BCUT2D eigenvalue weighted by Crippen LogP contribution is 2.20. The monoisotopic (exact) mass is 285 g/mol. The number of hydrogen-bond acceptors (Lipinski definition) is 3. The van der Waals surface area contributed by atoms with Gasteiger partial charge in [-0.3, -0.25) is 0 Å². The Kier molecular flexibility index (Phi) is 5.78. The molecule has 2 atom stereocenters. The average molecular weight is 285 g/mol. The molecule has 0 radical (unpaired) electrons. The quantitative estimate of drug-likeness (QED) is 0.820. The van der Waals surface area contributed by atoms with Crippen molar-refractivity contribution in [1.82, 2.24) is 5.32 Å². The van der Waals surface area contributed by atoms with E-state index >= 15 is 0 Å². The zero-order valence-corrected chi connectivity index (χ0v) is 12.6. The second-order valence-electron chi connectivity index (χ2n) is 5.33. The van der Waals surface area contributed by atoms with Crippen molar-refractivity contribution in [1.29, 1.82) is 0 Å². The SMILES string of the molecule is CC(O)CNC(C)c1cccc(OCc2ccccc2)c1. The number of nitrogens with one attached hydrogen (secondary N) is 1. The van der Waals surface area contributed by atoms with Gasteiger partial charge in [0.2, 0.25) is 0 Å². The minimum atomic E-state index is -0.343. The maximum absolute atomic E-state index is 9.33. The second kappa shape index (κ2) is 7.81. The van der Waals surface area contributed by atoms with Crippen LogP contribution in [-0.2, 0) is 6.61 Å². The normalized spacial score (nSPS) is 13.7. The molecule has 0 saturated heterocycles. The first kappa shape index (κ1) is 15.5. The summed E-state index contributed by atoms with van der Waals surface area (Å²) in [6.07, 6.45) is -0.343. The lowest BCUT2D eigenvalue weighted by Crippen LogP contribution is -2.27. The fourth-order valence-corrected chi connectivity index (χ4v) is 2.08. The van der Waals surface area contributed by atoms with Gasteiger partial charge in [-0.15, -0.1) is 0 Å². The van der Waals surface area contributed by atoms with Gasteiger partial charge < -0.3 is 15.2 Å². The molecule has 2 N–H and O–H groups in total. The van der Waals surface area contributed by atoms with Crippen molar-refractivity contribution in [2.24, 2.45) is 0 Å². The molecule has 0 aliphatic rings. The van der Waals surface area contributed by atoms with Crippen LogP contribution in [0.4, 0.5) is 0 Å². The Bertz CT molecular complexity index is 540. The van der Waals surface area contributed by atoms with Gasteiger partial charge in [-0.1, -0.05) is 42.5 Å². The minimum Gasteiger partial charge on any atom is -0.489 e. The summed E-state index contributed by atoms with van der Waals surface area (Å²) < 4.78 is 5.83. The Morgan fingerprint density at radius 3 is 2.52 bits per heavy atom. The highest BCUT2D eigenvalue weighted by Gasteiger charge is 2.07. The molecule has 112 valence electrons. The van der Waals surface area contributed by atoms with Gasteiger partial charge in [0.1, 0.15) is 12.4 Å². The largest absolute Gasteiger partial charge is 0.489 e. The Hall–Kier alpha value is -1.84. The lowest BCUT2D eigenvalue weighted by molar-refractivity contribution is 0.187. The summed E-state index contributed by atoms with van der Waals surface area (Å²) in [7, 11) is 0. The van der Waals surface area contributed by atoms with Crippen LogP contribution in [0, 0.1) is 0 Å². The molecular weight excluding hydrogens is 262 g/mol. The lowest BCUT2D eigenvalue weighted by atomic mass is 10.1. The molecule has 21 heavy (non-hydrogen) atoms. The summed E-state index contributed by atoms with van der Waals surface area (Å²) in [4.78, 5) is 0. The molecular formula is C18H23NO2. The fourth-order valence-electron chi connectivity index (χ4n) is 2.08. The van der Waals surface area contributed by atoms with E-state index in [1.54, 1.807) is 6.92 Å². The van der Waals surface area contributed by atoms with Crippen molar-refractivity contribution < 1.29 is 9.84 Å². The van der Waals surface area contributed by atoms with E-state index in [-0.39, 0.29) is 12.1 Å². The van der Waals surface area contributed by atoms with Gasteiger partial charge in [0.25, 0.3) is 0 Å². The average Bonchev–Trinajstić information content (AvgIpc) is 2.52. The molecule has 0 aliphatic heterocycles. The van der Waals surface area contributed by atoms with Gasteiger partial charge in [-0.05, 0) is 37.1 Å². The molecule has 0 heterocycles. The van der Waals surface area contributed by atoms with Crippen LogP contribution in [0.1, 0.15) is 31.0 Å². The predicted molar refractivity (Wildman–Crippen MR) is 85.3 cm³/mol. The molecule has 0 aromatic heterocycles. The molecule has 2 rings (SSSR count). The van der Waals surface area contributed by atoms with E-state index in [4.69, 9.17) is 4.74 Å². The lowest BCUT2D eigenvalue weighted by Gasteiger charge is -2.16. The van der Waals surface area contributed by atoms with Crippen LogP contribution < -0.4 is 10.1 Å². The van der Waals surface area contributed by atoms with Gasteiger partial charge in [0, 0.05) is 12.6 Å². The Labute approximate surface area is 126 Å². The van der Waals surface area contributed by atoms with Crippen LogP contribution in [0.15, 0.2) is 54.6 Å². The Morgan fingerprint density at radius 2 is 1.81 bits per heavy atom. The first-order valence-corrected chi connectivity index (χ1v) is 7.33.